The standard InChI is InChI=1S/C18H26N4O2/c1-14(20-19-2)18(23)21(3)11-15-5-7-16(8-6-15)12-22-10-9-17(13-22)24-4/h5-8,17H,2,9-13H2,1,3-4H3/b20-14+. The lowest BCUT2D eigenvalue weighted by Gasteiger charge is -2.18. The minimum Gasteiger partial charge on any atom is -0.380 e. The summed E-state index contributed by atoms with van der Waals surface area (Å²) < 4.78 is 5.40. The number of hydrogen-bond acceptors (Lipinski definition) is 5. The fourth-order valence-electron chi connectivity index (χ4n) is 2.91. The van der Waals surface area contributed by atoms with E-state index < -0.39 is 0 Å². The molecule has 0 aliphatic carbocycles. The molecule has 130 valence electrons. The predicted octanol–water partition coefficient (Wildman–Crippen LogP) is 1.94. The summed E-state index contributed by atoms with van der Waals surface area (Å²) in [7, 11) is 3.53. The second kappa shape index (κ2) is 8.70. The van der Waals surface area contributed by atoms with Gasteiger partial charge in [0.2, 0.25) is 0 Å². The summed E-state index contributed by atoms with van der Waals surface area (Å²) in [6.45, 7) is 8.45. The van der Waals surface area contributed by atoms with E-state index in [-0.39, 0.29) is 5.91 Å². The van der Waals surface area contributed by atoms with Gasteiger partial charge in [-0.25, -0.2) is 0 Å². The van der Waals surface area contributed by atoms with E-state index in [2.05, 4.69) is 46.1 Å². The zero-order valence-corrected chi connectivity index (χ0v) is 14.7. The van der Waals surface area contributed by atoms with Gasteiger partial charge in [-0.1, -0.05) is 24.3 Å². The molecule has 1 aliphatic rings. The first-order chi connectivity index (χ1) is 11.5. The van der Waals surface area contributed by atoms with Gasteiger partial charge in [0.25, 0.3) is 5.91 Å². The Morgan fingerprint density at radius 3 is 2.62 bits per heavy atom. The summed E-state index contributed by atoms with van der Waals surface area (Å²) >= 11 is 0. The fraction of sp³-hybridized carbons (Fsp3) is 0.500. The third-order valence-corrected chi connectivity index (χ3v) is 4.29. The van der Waals surface area contributed by atoms with Crippen molar-refractivity contribution >= 4 is 18.3 Å². The van der Waals surface area contributed by atoms with Crippen LogP contribution in [0.2, 0.25) is 0 Å². The normalized spacial score (nSPS) is 18.6. The molecule has 1 amide bonds. The van der Waals surface area contributed by atoms with Crippen LogP contribution in [0.25, 0.3) is 0 Å². The number of ether oxygens (including phenoxy) is 1. The number of methoxy groups -OCH3 is 1. The molecule has 2 rings (SSSR count). The van der Waals surface area contributed by atoms with Gasteiger partial charge < -0.3 is 9.64 Å². The largest absolute Gasteiger partial charge is 0.380 e. The van der Waals surface area contributed by atoms with Crippen LogP contribution in [0.1, 0.15) is 24.5 Å². The molecule has 1 aromatic rings. The van der Waals surface area contributed by atoms with Crippen LogP contribution in [0.15, 0.2) is 34.5 Å². The van der Waals surface area contributed by atoms with Crippen LogP contribution < -0.4 is 0 Å². The first-order valence-corrected chi connectivity index (χ1v) is 8.12. The molecular formula is C18H26N4O2. The minimum atomic E-state index is -0.144. The molecule has 1 fully saturated rings. The average Bonchev–Trinajstić information content (AvgIpc) is 3.03. The van der Waals surface area contributed by atoms with Crippen molar-refractivity contribution in [2.24, 2.45) is 10.2 Å². The van der Waals surface area contributed by atoms with Gasteiger partial charge in [-0.15, -0.1) is 0 Å². The number of carbonyl (C=O) groups is 1. The van der Waals surface area contributed by atoms with Crippen LogP contribution in [-0.4, -0.2) is 61.5 Å². The molecule has 1 unspecified atom stereocenters. The Hall–Kier alpha value is -2.05. The highest BCUT2D eigenvalue weighted by Crippen LogP contribution is 2.16. The topological polar surface area (TPSA) is 57.5 Å². The summed E-state index contributed by atoms with van der Waals surface area (Å²) in [5.41, 5.74) is 2.70. The highest BCUT2D eigenvalue weighted by molar-refractivity contribution is 6.37. The number of carbonyl (C=O) groups excluding carboxylic acids is 1. The molecule has 0 bridgehead atoms. The van der Waals surface area contributed by atoms with Gasteiger partial charge in [0, 0.05) is 47.1 Å². The van der Waals surface area contributed by atoms with Crippen molar-refractivity contribution < 1.29 is 9.53 Å². The maximum atomic E-state index is 12.1. The Labute approximate surface area is 143 Å². The quantitative estimate of drug-likeness (QED) is 0.567. The second-order valence-corrected chi connectivity index (χ2v) is 6.19. The number of rotatable bonds is 7. The maximum absolute atomic E-state index is 12.1. The molecule has 1 atom stereocenters. The van der Waals surface area contributed by atoms with Gasteiger partial charge in [-0.05, 0) is 24.5 Å². The molecule has 24 heavy (non-hydrogen) atoms. The first-order valence-electron chi connectivity index (χ1n) is 8.12. The maximum Gasteiger partial charge on any atom is 0.269 e. The van der Waals surface area contributed by atoms with E-state index in [1.54, 1.807) is 26.0 Å². The molecule has 1 saturated heterocycles. The highest BCUT2D eigenvalue weighted by Gasteiger charge is 2.21. The summed E-state index contributed by atoms with van der Waals surface area (Å²) in [4.78, 5) is 16.1. The molecule has 0 spiro atoms. The third-order valence-electron chi connectivity index (χ3n) is 4.29. The average molecular weight is 330 g/mol. The summed E-state index contributed by atoms with van der Waals surface area (Å²) in [5, 5.41) is 7.09. The lowest BCUT2D eigenvalue weighted by Crippen LogP contribution is -2.31. The van der Waals surface area contributed by atoms with E-state index in [9.17, 15) is 4.79 Å². The van der Waals surface area contributed by atoms with E-state index in [0.29, 0.717) is 18.4 Å². The van der Waals surface area contributed by atoms with Crippen molar-refractivity contribution in [2.75, 3.05) is 27.2 Å². The Balaban J connectivity index is 1.89. The number of hydrogen-bond donors (Lipinski definition) is 0. The lowest BCUT2D eigenvalue weighted by molar-refractivity contribution is -0.123. The van der Waals surface area contributed by atoms with Crippen LogP contribution in [0.5, 0.6) is 0 Å². The van der Waals surface area contributed by atoms with Crippen LogP contribution in [-0.2, 0) is 22.6 Å². The zero-order valence-electron chi connectivity index (χ0n) is 14.7. The Kier molecular flexibility index (Phi) is 6.63. The summed E-state index contributed by atoms with van der Waals surface area (Å²) in [5.74, 6) is -0.144. The summed E-state index contributed by atoms with van der Waals surface area (Å²) in [6, 6.07) is 8.39. The predicted molar refractivity (Wildman–Crippen MR) is 96.3 cm³/mol. The van der Waals surface area contributed by atoms with Crippen molar-refractivity contribution in [1.82, 2.24) is 9.80 Å². The molecular weight excluding hydrogens is 304 g/mol. The van der Waals surface area contributed by atoms with Crippen molar-refractivity contribution in [2.45, 2.75) is 32.5 Å². The van der Waals surface area contributed by atoms with Crippen LogP contribution in [0, 0.1) is 0 Å². The lowest BCUT2D eigenvalue weighted by atomic mass is 10.1. The van der Waals surface area contributed by atoms with E-state index in [4.69, 9.17) is 4.74 Å². The number of nitrogens with zero attached hydrogens (tertiary/aromatic N) is 4. The van der Waals surface area contributed by atoms with E-state index >= 15 is 0 Å². The molecule has 1 aromatic carbocycles. The van der Waals surface area contributed by atoms with Gasteiger partial charge in [0.05, 0.1) is 6.10 Å². The van der Waals surface area contributed by atoms with Crippen molar-refractivity contribution in [3.63, 3.8) is 0 Å². The number of benzene rings is 1. The van der Waals surface area contributed by atoms with Crippen molar-refractivity contribution in [3.8, 4) is 0 Å². The van der Waals surface area contributed by atoms with E-state index in [1.165, 1.54) is 5.56 Å². The minimum absolute atomic E-state index is 0.144. The van der Waals surface area contributed by atoms with Crippen molar-refractivity contribution in [1.29, 1.82) is 0 Å². The van der Waals surface area contributed by atoms with Crippen LogP contribution >= 0.6 is 0 Å². The molecule has 1 aliphatic heterocycles. The van der Waals surface area contributed by atoms with Gasteiger partial charge >= 0.3 is 0 Å². The first kappa shape index (κ1) is 18.3. The Morgan fingerprint density at radius 1 is 1.38 bits per heavy atom. The SMILES string of the molecule is C=N/N=C(\C)C(=O)N(C)Cc1ccc(CN2CCC(OC)C2)cc1. The second-order valence-electron chi connectivity index (χ2n) is 6.19. The molecule has 6 nitrogen and oxygen atoms in total. The Bertz CT molecular complexity index is 598. The zero-order chi connectivity index (χ0) is 17.5. The van der Waals surface area contributed by atoms with Crippen LogP contribution in [0.4, 0.5) is 0 Å². The molecule has 0 N–H and O–H groups in total. The van der Waals surface area contributed by atoms with Gasteiger partial charge in [0.1, 0.15) is 5.71 Å². The van der Waals surface area contributed by atoms with E-state index in [1.807, 2.05) is 0 Å². The fourth-order valence-corrected chi connectivity index (χ4v) is 2.91. The van der Waals surface area contributed by atoms with Crippen molar-refractivity contribution in [3.05, 3.63) is 35.4 Å². The van der Waals surface area contributed by atoms with Gasteiger partial charge in [0.15, 0.2) is 0 Å². The third kappa shape index (κ3) is 4.97. The molecule has 0 saturated carbocycles. The molecule has 0 radical (unpaired) electrons. The smallest absolute Gasteiger partial charge is 0.269 e. The number of amides is 1. The molecule has 0 aromatic heterocycles. The summed E-state index contributed by atoms with van der Waals surface area (Å²) in [6.07, 6.45) is 1.46. The molecule has 6 heteroatoms. The number of likely N-dealkylation sites (tertiary alicyclic amines) is 1. The van der Waals surface area contributed by atoms with Gasteiger partial charge in [-0.3, -0.25) is 9.69 Å². The van der Waals surface area contributed by atoms with E-state index in [0.717, 1.165) is 31.6 Å². The highest BCUT2D eigenvalue weighted by atomic mass is 16.5. The monoisotopic (exact) mass is 330 g/mol. The van der Waals surface area contributed by atoms with Crippen LogP contribution in [0.3, 0.4) is 0 Å². The molecule has 1 heterocycles. The van der Waals surface area contributed by atoms with Gasteiger partial charge in [-0.2, -0.15) is 10.2 Å². The Morgan fingerprint density at radius 2 is 2.04 bits per heavy atom.